The van der Waals surface area contributed by atoms with Crippen molar-refractivity contribution in [2.75, 3.05) is 0 Å². The molecule has 0 radical (unpaired) electrons. The fourth-order valence-corrected chi connectivity index (χ4v) is 2.35. The molecule has 0 amide bonds. The van der Waals surface area contributed by atoms with Crippen LogP contribution in [0.25, 0.3) is 10.8 Å². The van der Waals surface area contributed by atoms with Gasteiger partial charge in [-0.05, 0) is 36.1 Å². The Labute approximate surface area is 108 Å². The summed E-state index contributed by atoms with van der Waals surface area (Å²) in [7, 11) is 0. The van der Waals surface area contributed by atoms with Crippen LogP contribution >= 0.6 is 0 Å². The summed E-state index contributed by atoms with van der Waals surface area (Å²) in [6.45, 7) is 5.99. The van der Waals surface area contributed by atoms with Crippen molar-refractivity contribution in [3.05, 3.63) is 60.2 Å². The third kappa shape index (κ3) is 2.97. The van der Waals surface area contributed by atoms with Crippen molar-refractivity contribution in [1.29, 1.82) is 0 Å². The molecule has 0 spiro atoms. The first-order valence-corrected chi connectivity index (χ1v) is 6.28. The molecule has 0 saturated carbocycles. The molecular formula is C16H20N2. The molecule has 1 atom stereocenters. The van der Waals surface area contributed by atoms with E-state index in [0.717, 1.165) is 18.4 Å². The Bertz CT molecular complexity index is 540. The lowest BCUT2D eigenvalue weighted by molar-refractivity contribution is 0.522. The van der Waals surface area contributed by atoms with Gasteiger partial charge >= 0.3 is 0 Å². The van der Waals surface area contributed by atoms with E-state index in [1.807, 2.05) is 6.92 Å². The first kappa shape index (κ1) is 12.8. The minimum absolute atomic E-state index is 0.244. The summed E-state index contributed by atoms with van der Waals surface area (Å²) in [6.07, 6.45) is 1.82. The van der Waals surface area contributed by atoms with Gasteiger partial charge in [-0.15, -0.1) is 6.58 Å². The average molecular weight is 240 g/mol. The summed E-state index contributed by atoms with van der Waals surface area (Å²) in [4.78, 5) is 0. The van der Waals surface area contributed by atoms with E-state index in [0.29, 0.717) is 0 Å². The van der Waals surface area contributed by atoms with Crippen molar-refractivity contribution < 1.29 is 0 Å². The van der Waals surface area contributed by atoms with Gasteiger partial charge in [-0.25, -0.2) is 0 Å². The molecule has 0 bridgehead atoms. The highest BCUT2D eigenvalue weighted by Crippen LogP contribution is 2.20. The minimum atomic E-state index is 0.244. The summed E-state index contributed by atoms with van der Waals surface area (Å²) >= 11 is 0. The third-order valence-corrected chi connectivity index (χ3v) is 3.18. The lowest BCUT2D eigenvalue weighted by Gasteiger charge is -2.17. The maximum absolute atomic E-state index is 5.62. The molecule has 0 aliphatic carbocycles. The monoisotopic (exact) mass is 240 g/mol. The van der Waals surface area contributed by atoms with Crippen molar-refractivity contribution in [3.8, 4) is 0 Å². The number of hydrazine groups is 1. The maximum Gasteiger partial charge on any atom is 0.0288 e. The molecule has 1 unspecified atom stereocenters. The second kappa shape index (κ2) is 5.80. The largest absolute Gasteiger partial charge is 0.271 e. The molecule has 2 aromatic rings. The zero-order valence-corrected chi connectivity index (χ0v) is 10.8. The number of nitrogens with one attached hydrogen (secondary N) is 1. The molecule has 2 rings (SSSR count). The van der Waals surface area contributed by atoms with Crippen LogP contribution in [0.15, 0.2) is 54.6 Å². The highest BCUT2D eigenvalue weighted by Gasteiger charge is 2.09. The summed E-state index contributed by atoms with van der Waals surface area (Å²) < 4.78 is 0. The van der Waals surface area contributed by atoms with Crippen LogP contribution in [-0.4, -0.2) is 6.04 Å². The molecule has 2 heteroatoms. The van der Waals surface area contributed by atoms with E-state index in [-0.39, 0.29) is 6.04 Å². The molecule has 94 valence electrons. The summed E-state index contributed by atoms with van der Waals surface area (Å²) in [5.74, 6) is 5.62. The number of fused-ring (bicyclic) bond motifs is 1. The topological polar surface area (TPSA) is 38.0 Å². The van der Waals surface area contributed by atoms with E-state index in [9.17, 15) is 0 Å². The van der Waals surface area contributed by atoms with Gasteiger partial charge in [0, 0.05) is 6.04 Å². The van der Waals surface area contributed by atoms with Crippen molar-refractivity contribution in [1.82, 2.24) is 5.43 Å². The third-order valence-electron chi connectivity index (χ3n) is 3.18. The van der Waals surface area contributed by atoms with Crippen LogP contribution in [0.1, 0.15) is 18.9 Å². The van der Waals surface area contributed by atoms with Crippen molar-refractivity contribution in [3.63, 3.8) is 0 Å². The van der Waals surface area contributed by atoms with E-state index < -0.39 is 0 Å². The molecule has 0 saturated heterocycles. The maximum atomic E-state index is 5.62. The van der Waals surface area contributed by atoms with Crippen LogP contribution in [0.5, 0.6) is 0 Å². The zero-order chi connectivity index (χ0) is 13.0. The van der Waals surface area contributed by atoms with E-state index in [2.05, 4.69) is 54.5 Å². The average Bonchev–Trinajstić information content (AvgIpc) is 2.38. The molecule has 0 heterocycles. The Morgan fingerprint density at radius 3 is 2.67 bits per heavy atom. The molecule has 3 N–H and O–H groups in total. The summed E-state index contributed by atoms with van der Waals surface area (Å²) in [5.41, 5.74) is 5.37. The van der Waals surface area contributed by atoms with Gasteiger partial charge in [0.05, 0.1) is 0 Å². The van der Waals surface area contributed by atoms with Crippen molar-refractivity contribution in [2.24, 2.45) is 5.84 Å². The van der Waals surface area contributed by atoms with Crippen LogP contribution in [0.2, 0.25) is 0 Å². The Morgan fingerprint density at radius 2 is 1.94 bits per heavy atom. The molecule has 0 aromatic heterocycles. The molecular weight excluding hydrogens is 220 g/mol. The Balaban J connectivity index is 2.27. The smallest absolute Gasteiger partial charge is 0.0288 e. The van der Waals surface area contributed by atoms with Crippen molar-refractivity contribution in [2.45, 2.75) is 25.8 Å². The van der Waals surface area contributed by atoms with E-state index in [4.69, 9.17) is 5.84 Å². The van der Waals surface area contributed by atoms with Gasteiger partial charge < -0.3 is 0 Å². The zero-order valence-electron chi connectivity index (χ0n) is 10.8. The lowest BCUT2D eigenvalue weighted by Crippen LogP contribution is -2.36. The second-order valence-electron chi connectivity index (χ2n) is 4.87. The van der Waals surface area contributed by atoms with E-state index >= 15 is 0 Å². The predicted octanol–water partition coefficient (Wildman–Crippen LogP) is 3.18. The molecule has 2 nitrogen and oxygen atoms in total. The van der Waals surface area contributed by atoms with Gasteiger partial charge in [0.25, 0.3) is 0 Å². The normalized spacial score (nSPS) is 12.6. The van der Waals surface area contributed by atoms with Gasteiger partial charge in [0.1, 0.15) is 0 Å². The van der Waals surface area contributed by atoms with Gasteiger partial charge in [-0.3, -0.25) is 11.3 Å². The molecule has 0 aliphatic heterocycles. The Kier molecular flexibility index (Phi) is 4.13. The fourth-order valence-electron chi connectivity index (χ4n) is 2.35. The summed E-state index contributed by atoms with van der Waals surface area (Å²) in [5, 5.41) is 2.59. The second-order valence-corrected chi connectivity index (χ2v) is 4.87. The predicted molar refractivity (Wildman–Crippen MR) is 78.2 cm³/mol. The van der Waals surface area contributed by atoms with Gasteiger partial charge in [-0.2, -0.15) is 0 Å². The number of nitrogens with two attached hydrogens (primary N) is 1. The number of hydrogen-bond donors (Lipinski definition) is 2. The van der Waals surface area contributed by atoms with Gasteiger partial charge in [0.15, 0.2) is 0 Å². The number of hydrogen-bond acceptors (Lipinski definition) is 2. The van der Waals surface area contributed by atoms with E-state index in [1.165, 1.54) is 16.3 Å². The standard InChI is InChI=1S/C16H20N2/c1-12(2)10-15(18-17)11-14-8-5-7-13-6-3-4-9-16(13)14/h3-9,15,18H,1,10-11,17H2,2H3. The van der Waals surface area contributed by atoms with Gasteiger partial charge in [0.2, 0.25) is 0 Å². The number of rotatable bonds is 5. The molecule has 0 aliphatic rings. The highest BCUT2D eigenvalue weighted by molar-refractivity contribution is 5.85. The quantitative estimate of drug-likeness (QED) is 0.478. The van der Waals surface area contributed by atoms with Crippen molar-refractivity contribution >= 4 is 10.8 Å². The van der Waals surface area contributed by atoms with Crippen LogP contribution in [-0.2, 0) is 6.42 Å². The first-order valence-electron chi connectivity index (χ1n) is 6.28. The summed E-state index contributed by atoms with van der Waals surface area (Å²) in [6, 6.07) is 15.1. The number of benzene rings is 2. The molecule has 0 fully saturated rings. The van der Waals surface area contributed by atoms with Crippen LogP contribution in [0, 0.1) is 0 Å². The highest BCUT2D eigenvalue weighted by atomic mass is 15.2. The van der Waals surface area contributed by atoms with Crippen LogP contribution in [0.3, 0.4) is 0 Å². The van der Waals surface area contributed by atoms with E-state index in [1.54, 1.807) is 0 Å². The minimum Gasteiger partial charge on any atom is -0.271 e. The fraction of sp³-hybridized carbons (Fsp3) is 0.250. The SMILES string of the molecule is C=C(C)CC(Cc1cccc2ccccc12)NN. The van der Waals surface area contributed by atoms with Crippen LogP contribution < -0.4 is 11.3 Å². The lowest BCUT2D eigenvalue weighted by atomic mass is 9.96. The first-order chi connectivity index (χ1) is 8.70. The molecule has 18 heavy (non-hydrogen) atoms. The van der Waals surface area contributed by atoms with Crippen LogP contribution in [0.4, 0.5) is 0 Å². The molecule has 2 aromatic carbocycles. The van der Waals surface area contributed by atoms with Gasteiger partial charge in [-0.1, -0.05) is 48.0 Å². The Morgan fingerprint density at radius 1 is 1.22 bits per heavy atom. The Hall–Kier alpha value is -1.64.